The van der Waals surface area contributed by atoms with Gasteiger partial charge in [0.05, 0.1) is 6.61 Å². The van der Waals surface area contributed by atoms with Crippen LogP contribution in [-0.2, 0) is 0 Å². The number of hydrogen-bond donors (Lipinski definition) is 1. The van der Waals surface area contributed by atoms with Crippen LogP contribution in [0.5, 0.6) is 5.75 Å². The lowest BCUT2D eigenvalue weighted by molar-refractivity contribution is 0.269. The number of rotatable bonds is 5. The molecule has 2 N–H and O–H groups in total. The second-order valence-corrected chi connectivity index (χ2v) is 5.19. The Morgan fingerprint density at radius 3 is 2.35 bits per heavy atom. The van der Waals surface area contributed by atoms with Crippen LogP contribution >= 0.6 is 0 Å². The summed E-state index contributed by atoms with van der Waals surface area (Å²) in [5.74, 6) is 1.54. The number of aryl methyl sites for hydroxylation is 2. The molecule has 0 spiro atoms. The van der Waals surface area contributed by atoms with Gasteiger partial charge in [-0.25, -0.2) is 0 Å². The molecule has 0 bridgehead atoms. The maximum Gasteiger partial charge on any atom is 0.122 e. The van der Waals surface area contributed by atoms with Gasteiger partial charge in [-0.15, -0.1) is 0 Å². The third kappa shape index (κ3) is 3.74. The summed E-state index contributed by atoms with van der Waals surface area (Å²) in [5.41, 5.74) is 9.74. The van der Waals surface area contributed by atoms with E-state index < -0.39 is 0 Å². The van der Waals surface area contributed by atoms with E-state index in [1.807, 2.05) is 0 Å². The summed E-state index contributed by atoms with van der Waals surface area (Å²) in [6, 6.07) is 4.41. The lowest BCUT2D eigenvalue weighted by Crippen LogP contribution is -2.12. The van der Waals surface area contributed by atoms with Crippen LogP contribution < -0.4 is 10.5 Å². The zero-order chi connectivity index (χ0) is 13.0. The second kappa shape index (κ2) is 6.06. The minimum atomic E-state index is 0.132. The van der Waals surface area contributed by atoms with Crippen molar-refractivity contribution in [1.82, 2.24) is 0 Å². The quantitative estimate of drug-likeness (QED) is 0.843. The summed E-state index contributed by atoms with van der Waals surface area (Å²) in [7, 11) is 0. The number of nitrogens with two attached hydrogens (primary N) is 1. The summed E-state index contributed by atoms with van der Waals surface area (Å²) >= 11 is 0. The molecule has 1 aromatic carbocycles. The van der Waals surface area contributed by atoms with Gasteiger partial charge in [-0.05, 0) is 48.9 Å². The Hall–Kier alpha value is -1.02. The summed E-state index contributed by atoms with van der Waals surface area (Å²) < 4.78 is 5.81. The fourth-order valence-electron chi connectivity index (χ4n) is 1.84. The topological polar surface area (TPSA) is 35.2 Å². The molecule has 1 atom stereocenters. The highest BCUT2D eigenvalue weighted by Gasteiger charge is 2.10. The monoisotopic (exact) mass is 235 g/mol. The van der Waals surface area contributed by atoms with E-state index in [1.165, 1.54) is 16.7 Å². The molecular weight excluding hydrogens is 210 g/mol. The molecule has 0 amide bonds. The average molecular weight is 235 g/mol. The Bertz CT molecular complexity index is 371. The lowest BCUT2D eigenvalue weighted by Gasteiger charge is -2.17. The van der Waals surface area contributed by atoms with Crippen molar-refractivity contribution in [2.45, 2.75) is 47.1 Å². The molecular formula is C15H25NO. The van der Waals surface area contributed by atoms with Crippen LogP contribution in [0.25, 0.3) is 0 Å². The summed E-state index contributed by atoms with van der Waals surface area (Å²) in [6.07, 6.45) is 0.965. The third-order valence-corrected chi connectivity index (χ3v) is 2.98. The van der Waals surface area contributed by atoms with Gasteiger partial charge in [-0.1, -0.05) is 26.8 Å². The Morgan fingerprint density at radius 1 is 1.18 bits per heavy atom. The van der Waals surface area contributed by atoms with Crippen molar-refractivity contribution in [3.8, 4) is 5.75 Å². The molecule has 0 fully saturated rings. The Morgan fingerprint density at radius 2 is 1.82 bits per heavy atom. The molecule has 0 aliphatic carbocycles. The molecule has 1 unspecified atom stereocenters. The van der Waals surface area contributed by atoms with Gasteiger partial charge in [0, 0.05) is 6.04 Å². The lowest BCUT2D eigenvalue weighted by atomic mass is 9.97. The molecule has 1 rings (SSSR count). The predicted molar refractivity (Wildman–Crippen MR) is 73.5 cm³/mol. The van der Waals surface area contributed by atoms with Crippen molar-refractivity contribution < 1.29 is 4.74 Å². The summed E-state index contributed by atoms with van der Waals surface area (Å²) in [6.45, 7) is 11.4. The van der Waals surface area contributed by atoms with E-state index in [9.17, 15) is 0 Å². The normalized spacial score (nSPS) is 12.9. The highest BCUT2D eigenvalue weighted by molar-refractivity contribution is 5.42. The molecule has 2 heteroatoms. The van der Waals surface area contributed by atoms with E-state index in [4.69, 9.17) is 10.5 Å². The number of ether oxygens (including phenoxy) is 1. The predicted octanol–water partition coefficient (Wildman–Crippen LogP) is 3.75. The minimum Gasteiger partial charge on any atom is -0.493 e. The summed E-state index contributed by atoms with van der Waals surface area (Å²) in [4.78, 5) is 0. The van der Waals surface area contributed by atoms with Gasteiger partial charge in [0.1, 0.15) is 5.75 Å². The highest BCUT2D eigenvalue weighted by atomic mass is 16.5. The largest absolute Gasteiger partial charge is 0.493 e. The van der Waals surface area contributed by atoms with Crippen molar-refractivity contribution in [3.05, 3.63) is 28.8 Å². The highest BCUT2D eigenvalue weighted by Crippen LogP contribution is 2.27. The zero-order valence-electron chi connectivity index (χ0n) is 11.7. The smallest absolute Gasteiger partial charge is 0.122 e. The molecule has 17 heavy (non-hydrogen) atoms. The van der Waals surface area contributed by atoms with Gasteiger partial charge in [-0.3, -0.25) is 0 Å². The van der Waals surface area contributed by atoms with Crippen molar-refractivity contribution in [3.63, 3.8) is 0 Å². The van der Waals surface area contributed by atoms with Crippen molar-refractivity contribution >= 4 is 0 Å². The first kappa shape index (κ1) is 14.0. The van der Waals surface area contributed by atoms with Crippen LogP contribution in [0, 0.1) is 19.8 Å². The van der Waals surface area contributed by atoms with Crippen LogP contribution in [0.4, 0.5) is 0 Å². The maximum atomic E-state index is 6.10. The Kier molecular flexibility index (Phi) is 5.01. The van der Waals surface area contributed by atoms with Gasteiger partial charge >= 0.3 is 0 Å². The van der Waals surface area contributed by atoms with Crippen LogP contribution in [0.15, 0.2) is 12.1 Å². The standard InChI is InChI=1S/C15H25NO/c1-6-14(16)13-7-12(5)15(8-11(13)4)17-9-10(2)3/h7-8,10,14H,6,9,16H2,1-5H3. The van der Waals surface area contributed by atoms with Gasteiger partial charge in [0.25, 0.3) is 0 Å². The Labute approximate surface area is 105 Å². The van der Waals surface area contributed by atoms with E-state index in [0.29, 0.717) is 5.92 Å². The first-order chi connectivity index (χ1) is 7.95. The van der Waals surface area contributed by atoms with Crippen molar-refractivity contribution in [1.29, 1.82) is 0 Å². The first-order valence-corrected chi connectivity index (χ1v) is 6.45. The van der Waals surface area contributed by atoms with Crippen LogP contribution in [0.3, 0.4) is 0 Å². The van der Waals surface area contributed by atoms with Crippen LogP contribution in [-0.4, -0.2) is 6.61 Å². The zero-order valence-corrected chi connectivity index (χ0v) is 11.7. The molecule has 0 aromatic heterocycles. The van der Waals surface area contributed by atoms with Gasteiger partial charge < -0.3 is 10.5 Å². The number of hydrogen-bond acceptors (Lipinski definition) is 2. The van der Waals surface area contributed by atoms with Crippen molar-refractivity contribution in [2.75, 3.05) is 6.61 Å². The molecule has 0 aliphatic rings. The van der Waals surface area contributed by atoms with E-state index in [2.05, 4.69) is 46.8 Å². The molecule has 1 aromatic rings. The maximum absolute atomic E-state index is 6.10. The third-order valence-electron chi connectivity index (χ3n) is 2.98. The fourth-order valence-corrected chi connectivity index (χ4v) is 1.84. The average Bonchev–Trinajstić information content (AvgIpc) is 2.28. The van der Waals surface area contributed by atoms with E-state index in [-0.39, 0.29) is 6.04 Å². The van der Waals surface area contributed by atoms with Gasteiger partial charge in [0.2, 0.25) is 0 Å². The molecule has 0 aliphatic heterocycles. The molecule has 2 nitrogen and oxygen atoms in total. The Balaban J connectivity index is 2.93. The van der Waals surface area contributed by atoms with E-state index >= 15 is 0 Å². The molecule has 0 heterocycles. The molecule has 0 saturated heterocycles. The molecule has 0 radical (unpaired) electrons. The van der Waals surface area contributed by atoms with Crippen LogP contribution in [0.1, 0.15) is 49.9 Å². The number of benzene rings is 1. The van der Waals surface area contributed by atoms with E-state index in [1.54, 1.807) is 0 Å². The SMILES string of the molecule is CCC(N)c1cc(C)c(OCC(C)C)cc1C. The minimum absolute atomic E-state index is 0.132. The molecule has 96 valence electrons. The van der Waals surface area contributed by atoms with Gasteiger partial charge in [-0.2, -0.15) is 0 Å². The van der Waals surface area contributed by atoms with E-state index in [0.717, 1.165) is 18.8 Å². The van der Waals surface area contributed by atoms with Crippen molar-refractivity contribution in [2.24, 2.45) is 11.7 Å². The molecule has 0 saturated carbocycles. The first-order valence-electron chi connectivity index (χ1n) is 6.45. The fraction of sp³-hybridized carbons (Fsp3) is 0.600. The van der Waals surface area contributed by atoms with Gasteiger partial charge in [0.15, 0.2) is 0 Å². The van der Waals surface area contributed by atoms with Crippen LogP contribution in [0.2, 0.25) is 0 Å². The second-order valence-electron chi connectivity index (χ2n) is 5.19. The summed E-state index contributed by atoms with van der Waals surface area (Å²) in [5, 5.41) is 0.